The minimum atomic E-state index is 0.000236. The number of benzene rings is 2. The summed E-state index contributed by atoms with van der Waals surface area (Å²) in [5, 5.41) is 0. The van der Waals surface area contributed by atoms with Gasteiger partial charge in [0.1, 0.15) is 0 Å². The predicted molar refractivity (Wildman–Crippen MR) is 124 cm³/mol. The molecule has 160 valence electrons. The van der Waals surface area contributed by atoms with Crippen molar-refractivity contribution in [3.8, 4) is 0 Å². The number of aromatic nitrogens is 1. The van der Waals surface area contributed by atoms with Crippen molar-refractivity contribution in [1.29, 1.82) is 0 Å². The Balaban J connectivity index is 1.40. The maximum absolute atomic E-state index is 13.2. The summed E-state index contributed by atoms with van der Waals surface area (Å²) in [6.07, 6.45) is 4.51. The zero-order valence-electron chi connectivity index (χ0n) is 18.2. The topological polar surface area (TPSA) is 45.6 Å². The molecule has 1 aromatic heterocycles. The van der Waals surface area contributed by atoms with Gasteiger partial charge in [-0.2, -0.15) is 0 Å². The third-order valence-corrected chi connectivity index (χ3v) is 6.09. The van der Waals surface area contributed by atoms with Crippen LogP contribution in [0.5, 0.6) is 0 Å². The fourth-order valence-corrected chi connectivity index (χ4v) is 4.16. The van der Waals surface area contributed by atoms with Gasteiger partial charge in [-0.1, -0.05) is 29.8 Å². The van der Waals surface area contributed by atoms with Crippen LogP contribution in [-0.4, -0.2) is 47.3 Å². The minimum absolute atomic E-state index is 0.000236. The molecule has 1 aliphatic rings. The maximum Gasteiger partial charge on any atom is 0.225 e. The fraction of sp³-hybridized carbons (Fsp3) is 0.308. The number of carbonyl (C=O) groups excluding carboxylic acids is 2. The highest BCUT2D eigenvalue weighted by atomic mass is 16.2. The summed E-state index contributed by atoms with van der Waals surface area (Å²) in [7, 11) is 0. The van der Waals surface area contributed by atoms with E-state index in [0.717, 1.165) is 29.9 Å². The summed E-state index contributed by atoms with van der Waals surface area (Å²) in [4.78, 5) is 28.9. The maximum atomic E-state index is 13.2. The van der Waals surface area contributed by atoms with Crippen LogP contribution in [0.25, 0.3) is 0 Å². The third kappa shape index (κ3) is 4.88. The van der Waals surface area contributed by atoms with Gasteiger partial charge in [0.25, 0.3) is 0 Å². The second-order valence-corrected chi connectivity index (χ2v) is 8.23. The highest BCUT2D eigenvalue weighted by molar-refractivity contribution is 5.94. The molecule has 0 saturated carbocycles. The van der Waals surface area contributed by atoms with Gasteiger partial charge < -0.3 is 14.4 Å². The molecule has 4 rings (SSSR count). The molecule has 5 nitrogen and oxygen atoms in total. The highest BCUT2D eigenvalue weighted by Gasteiger charge is 2.25. The lowest BCUT2D eigenvalue weighted by Crippen LogP contribution is -2.49. The summed E-state index contributed by atoms with van der Waals surface area (Å²) in [5.41, 5.74) is 4.19. The van der Waals surface area contributed by atoms with Crippen LogP contribution in [0.4, 0.5) is 5.69 Å². The molecule has 1 saturated heterocycles. The summed E-state index contributed by atoms with van der Waals surface area (Å²) >= 11 is 0. The van der Waals surface area contributed by atoms with Gasteiger partial charge in [0.15, 0.2) is 5.78 Å². The molecular weight excluding hydrogens is 386 g/mol. The average molecular weight is 416 g/mol. The minimum Gasteiger partial charge on any atom is -0.368 e. The molecule has 0 aliphatic carbocycles. The Labute approximate surface area is 183 Å². The number of piperazine rings is 1. The van der Waals surface area contributed by atoms with Crippen molar-refractivity contribution in [3.63, 3.8) is 0 Å². The summed E-state index contributed by atoms with van der Waals surface area (Å²) in [6, 6.07) is 20.2. The molecule has 0 spiro atoms. The summed E-state index contributed by atoms with van der Waals surface area (Å²) in [6.45, 7) is 6.66. The molecule has 0 radical (unpaired) electrons. The Morgan fingerprint density at radius 1 is 0.871 bits per heavy atom. The number of Topliss-reactive ketones (excluding diaryl/α,β-unsaturated/α-hetero) is 1. The van der Waals surface area contributed by atoms with Gasteiger partial charge >= 0.3 is 0 Å². The smallest absolute Gasteiger partial charge is 0.225 e. The number of carbonyl (C=O) groups is 2. The van der Waals surface area contributed by atoms with Crippen LogP contribution in [0.3, 0.4) is 0 Å². The van der Waals surface area contributed by atoms with E-state index in [1.165, 1.54) is 5.56 Å². The van der Waals surface area contributed by atoms with Crippen molar-refractivity contribution >= 4 is 17.4 Å². The van der Waals surface area contributed by atoms with Crippen molar-refractivity contribution in [1.82, 2.24) is 9.47 Å². The Bertz CT molecular complexity index is 1020. The Morgan fingerprint density at radius 3 is 2.06 bits per heavy atom. The largest absolute Gasteiger partial charge is 0.368 e. The third-order valence-electron chi connectivity index (χ3n) is 6.09. The number of rotatable bonds is 6. The van der Waals surface area contributed by atoms with Crippen LogP contribution in [0.2, 0.25) is 0 Å². The van der Waals surface area contributed by atoms with Crippen molar-refractivity contribution in [2.75, 3.05) is 31.1 Å². The predicted octanol–water partition coefficient (Wildman–Crippen LogP) is 4.33. The fourth-order valence-electron chi connectivity index (χ4n) is 4.16. The van der Waals surface area contributed by atoms with E-state index in [1.54, 1.807) is 6.92 Å². The van der Waals surface area contributed by atoms with Crippen LogP contribution in [0.1, 0.15) is 40.9 Å². The molecule has 2 aromatic carbocycles. The van der Waals surface area contributed by atoms with Crippen molar-refractivity contribution in [2.45, 2.75) is 26.3 Å². The van der Waals surface area contributed by atoms with Gasteiger partial charge in [-0.25, -0.2) is 0 Å². The molecular formula is C26H29N3O2. The number of anilines is 1. The van der Waals surface area contributed by atoms with Crippen LogP contribution in [-0.2, 0) is 4.79 Å². The number of aryl methyl sites for hydroxylation is 1. The van der Waals surface area contributed by atoms with Crippen LogP contribution in [0.15, 0.2) is 73.1 Å². The standard InChI is InChI=1S/C26H29N3O2/c1-20-5-7-23(8-6-20)25(28-13-3-4-14-28)19-26(31)29-17-15-27(16-18-29)24-11-9-22(10-12-24)21(2)30/h3-14,25H,15-19H2,1-2H3/t25-/m1/s1. The first-order chi connectivity index (χ1) is 15.0. The lowest BCUT2D eigenvalue weighted by atomic mass is 10.0. The van der Waals surface area contributed by atoms with E-state index < -0.39 is 0 Å². The SMILES string of the molecule is CC(=O)c1ccc(N2CCN(C(=O)C[C@H](c3ccc(C)cc3)n3cccc3)CC2)cc1. The van der Waals surface area contributed by atoms with E-state index in [9.17, 15) is 9.59 Å². The first kappa shape index (κ1) is 20.9. The number of nitrogens with zero attached hydrogens (tertiary/aromatic N) is 3. The lowest BCUT2D eigenvalue weighted by molar-refractivity contribution is -0.132. The molecule has 1 aliphatic heterocycles. The van der Waals surface area contributed by atoms with Crippen LogP contribution >= 0.6 is 0 Å². The van der Waals surface area contributed by atoms with Gasteiger partial charge in [0, 0.05) is 49.8 Å². The van der Waals surface area contributed by atoms with Gasteiger partial charge in [0.2, 0.25) is 5.91 Å². The Hall–Kier alpha value is -3.34. The van der Waals surface area contributed by atoms with Gasteiger partial charge in [-0.05, 0) is 55.8 Å². The molecule has 5 heteroatoms. The average Bonchev–Trinajstić information content (AvgIpc) is 3.33. The molecule has 0 unspecified atom stereocenters. The molecule has 0 N–H and O–H groups in total. The van der Waals surface area contributed by atoms with E-state index in [1.807, 2.05) is 53.7 Å². The first-order valence-corrected chi connectivity index (χ1v) is 10.8. The lowest BCUT2D eigenvalue weighted by Gasteiger charge is -2.37. The van der Waals surface area contributed by atoms with E-state index in [4.69, 9.17) is 0 Å². The summed E-state index contributed by atoms with van der Waals surface area (Å²) < 4.78 is 2.12. The van der Waals surface area contributed by atoms with Crippen molar-refractivity contribution in [2.24, 2.45) is 0 Å². The van der Waals surface area contributed by atoms with Gasteiger partial charge in [-0.3, -0.25) is 9.59 Å². The molecule has 1 fully saturated rings. The van der Waals surface area contributed by atoms with Crippen LogP contribution in [0, 0.1) is 6.92 Å². The normalized spacial score (nSPS) is 15.0. The second-order valence-electron chi connectivity index (χ2n) is 8.23. The van der Waals surface area contributed by atoms with Gasteiger partial charge in [0.05, 0.1) is 12.5 Å². The van der Waals surface area contributed by atoms with Gasteiger partial charge in [-0.15, -0.1) is 0 Å². The molecule has 2 heterocycles. The number of hydrogen-bond acceptors (Lipinski definition) is 3. The second kappa shape index (κ2) is 9.21. The molecule has 1 amide bonds. The van der Waals surface area contributed by atoms with Crippen LogP contribution < -0.4 is 4.90 Å². The van der Waals surface area contributed by atoms with E-state index >= 15 is 0 Å². The highest BCUT2D eigenvalue weighted by Crippen LogP contribution is 2.25. The van der Waals surface area contributed by atoms with Crippen molar-refractivity contribution in [3.05, 3.63) is 89.7 Å². The number of amides is 1. The monoisotopic (exact) mass is 415 g/mol. The first-order valence-electron chi connectivity index (χ1n) is 10.8. The molecule has 3 aromatic rings. The molecule has 1 atom stereocenters. The number of hydrogen-bond donors (Lipinski definition) is 0. The quantitative estimate of drug-likeness (QED) is 0.563. The van der Waals surface area contributed by atoms with E-state index in [-0.39, 0.29) is 17.7 Å². The molecule has 31 heavy (non-hydrogen) atoms. The van der Waals surface area contributed by atoms with E-state index in [2.05, 4.69) is 40.7 Å². The summed E-state index contributed by atoms with van der Waals surface area (Å²) in [5.74, 6) is 0.263. The number of ketones is 1. The molecule has 0 bridgehead atoms. The van der Waals surface area contributed by atoms with Crippen molar-refractivity contribution < 1.29 is 9.59 Å². The zero-order chi connectivity index (χ0) is 21.8. The Morgan fingerprint density at radius 2 is 1.48 bits per heavy atom. The Kier molecular flexibility index (Phi) is 6.21. The zero-order valence-corrected chi connectivity index (χ0v) is 18.2. The van der Waals surface area contributed by atoms with E-state index in [0.29, 0.717) is 19.5 Å².